The van der Waals surface area contributed by atoms with Crippen LogP contribution in [0.4, 0.5) is 0 Å². The van der Waals surface area contributed by atoms with Crippen molar-refractivity contribution in [1.29, 1.82) is 0 Å². The van der Waals surface area contributed by atoms with E-state index in [1.54, 1.807) is 7.11 Å². The summed E-state index contributed by atoms with van der Waals surface area (Å²) >= 11 is 0. The lowest BCUT2D eigenvalue weighted by molar-refractivity contribution is -0.139. The predicted octanol–water partition coefficient (Wildman–Crippen LogP) is 7.29. The smallest absolute Gasteiger partial charge is 0.240 e. The Bertz CT molecular complexity index is 2420. The standard InChI is InChI=1S/C48H62N8O5/c1-25(2)42(49-6)48(58)56-26(3)9-14-39(56)46-52-37-13-11-30-19-36-34-12-10-31(18-33(34)24-60-41(36)20-35(30)44(37)54-46)38-21-51-45(53-38)40-17-29(23-59-8)22-55(40)47(57)43(50-7)32-15-27(4)61-28(5)16-32/h10-13,18-21,25-29,32,39-40,42-43,49-50H,9,14-17,22-24H2,1-8H3,(H,51,53)(H,52,54)/t26-,27+,28?,29-,32?,39-,40-,42-,43-/m0/s1. The maximum absolute atomic E-state index is 14.4. The number of aromatic nitrogens is 4. The summed E-state index contributed by atoms with van der Waals surface area (Å²) in [6, 6.07) is 14.4. The maximum Gasteiger partial charge on any atom is 0.240 e. The van der Waals surface area contributed by atoms with E-state index >= 15 is 0 Å². The molecule has 0 radical (unpaired) electrons. The van der Waals surface area contributed by atoms with Crippen LogP contribution in [0.2, 0.25) is 0 Å². The second kappa shape index (κ2) is 16.8. The highest BCUT2D eigenvalue weighted by Crippen LogP contribution is 2.44. The van der Waals surface area contributed by atoms with Gasteiger partial charge in [0.25, 0.3) is 0 Å². The molecule has 3 aromatic carbocycles. The number of fused-ring (bicyclic) bond motifs is 6. The summed E-state index contributed by atoms with van der Waals surface area (Å²) < 4.78 is 18.1. The molecule has 2 unspecified atom stereocenters. The maximum atomic E-state index is 14.4. The number of methoxy groups -OCH3 is 1. The number of benzene rings is 3. The molecular formula is C48H62N8O5. The predicted molar refractivity (Wildman–Crippen MR) is 237 cm³/mol. The van der Waals surface area contributed by atoms with Gasteiger partial charge in [-0.3, -0.25) is 9.59 Å². The molecule has 0 bridgehead atoms. The average Bonchev–Trinajstić information content (AvgIpc) is 4.06. The molecule has 4 N–H and O–H groups in total. The Labute approximate surface area is 358 Å². The molecule has 9 atom stereocenters. The van der Waals surface area contributed by atoms with E-state index in [-0.39, 0.29) is 72.0 Å². The minimum absolute atomic E-state index is 0.103. The molecule has 3 fully saturated rings. The van der Waals surface area contributed by atoms with E-state index in [1.165, 1.54) is 0 Å². The number of imidazole rings is 2. The fourth-order valence-electron chi connectivity index (χ4n) is 11.1. The first-order chi connectivity index (χ1) is 29.5. The molecule has 0 aliphatic carbocycles. The van der Waals surface area contributed by atoms with E-state index in [9.17, 15) is 9.59 Å². The second-order valence-electron chi connectivity index (χ2n) is 18.5. The molecule has 2 aromatic heterocycles. The Morgan fingerprint density at radius 1 is 0.918 bits per heavy atom. The molecule has 13 nitrogen and oxygen atoms in total. The van der Waals surface area contributed by atoms with Gasteiger partial charge in [-0.05, 0) is 125 Å². The van der Waals surface area contributed by atoms with Gasteiger partial charge in [-0.2, -0.15) is 0 Å². The van der Waals surface area contributed by atoms with Crippen molar-refractivity contribution in [2.24, 2.45) is 17.8 Å². The number of amides is 2. The van der Waals surface area contributed by atoms with Crippen LogP contribution in [0.25, 0.3) is 44.2 Å². The van der Waals surface area contributed by atoms with Gasteiger partial charge in [-0.15, -0.1) is 0 Å². The third-order valence-corrected chi connectivity index (χ3v) is 13.9. The van der Waals surface area contributed by atoms with Crippen LogP contribution in [0.3, 0.4) is 0 Å². The summed E-state index contributed by atoms with van der Waals surface area (Å²) in [5, 5.41) is 8.76. The Morgan fingerprint density at radius 3 is 2.46 bits per heavy atom. The number of hydrogen-bond donors (Lipinski definition) is 4. The number of hydrogen-bond acceptors (Lipinski definition) is 9. The zero-order valence-corrected chi connectivity index (χ0v) is 36.9. The van der Waals surface area contributed by atoms with Crippen molar-refractivity contribution < 1.29 is 23.8 Å². The molecular weight excluding hydrogens is 769 g/mol. The lowest BCUT2D eigenvalue weighted by Crippen LogP contribution is -2.52. The number of rotatable bonds is 11. The van der Waals surface area contributed by atoms with Crippen LogP contribution in [0.5, 0.6) is 5.75 Å². The summed E-state index contributed by atoms with van der Waals surface area (Å²) in [5.41, 5.74) is 7.05. The molecule has 61 heavy (non-hydrogen) atoms. The van der Waals surface area contributed by atoms with Crippen molar-refractivity contribution in [3.05, 3.63) is 65.9 Å². The Balaban J connectivity index is 0.969. The number of likely N-dealkylation sites (N-methyl/N-ethyl adjacent to an activating group) is 2. The van der Waals surface area contributed by atoms with Crippen LogP contribution in [0, 0.1) is 17.8 Å². The zero-order valence-electron chi connectivity index (χ0n) is 36.9. The van der Waals surface area contributed by atoms with Gasteiger partial charge < -0.3 is 44.6 Å². The molecule has 6 heterocycles. The molecule has 324 valence electrons. The number of H-pyrrole nitrogens is 2. The largest absolute Gasteiger partial charge is 0.488 e. The Hall–Kier alpha value is -4.82. The molecule has 0 saturated carbocycles. The second-order valence-corrected chi connectivity index (χ2v) is 18.5. The first-order valence-corrected chi connectivity index (χ1v) is 22.4. The monoisotopic (exact) mass is 830 g/mol. The van der Waals surface area contributed by atoms with Gasteiger partial charge >= 0.3 is 0 Å². The minimum atomic E-state index is -0.291. The molecule has 4 aliphatic heterocycles. The summed E-state index contributed by atoms with van der Waals surface area (Å²) in [5.74, 6) is 3.31. The number of ether oxygens (including phenoxy) is 3. The summed E-state index contributed by atoms with van der Waals surface area (Å²) in [7, 11) is 5.49. The van der Waals surface area contributed by atoms with E-state index in [0.717, 1.165) is 99.3 Å². The molecule has 2 amide bonds. The van der Waals surface area contributed by atoms with Crippen molar-refractivity contribution in [2.45, 2.75) is 116 Å². The highest BCUT2D eigenvalue weighted by atomic mass is 16.5. The number of nitrogens with zero attached hydrogens (tertiary/aromatic N) is 4. The van der Waals surface area contributed by atoms with Gasteiger partial charge in [0.2, 0.25) is 11.8 Å². The normalized spacial score (nSPS) is 26.1. The first kappa shape index (κ1) is 41.5. The number of likely N-dealkylation sites (tertiary alicyclic amines) is 2. The number of aromatic amines is 2. The van der Waals surface area contributed by atoms with Crippen LogP contribution in [0.15, 0.2) is 48.7 Å². The van der Waals surface area contributed by atoms with Crippen molar-refractivity contribution in [3.63, 3.8) is 0 Å². The van der Waals surface area contributed by atoms with Crippen LogP contribution in [-0.4, -0.2) is 106 Å². The van der Waals surface area contributed by atoms with Crippen molar-refractivity contribution in [2.75, 3.05) is 34.4 Å². The SMILES string of the molecule is CN[C@H](C(=O)N1[C@@H](C)CC[C@H]1c1nc2ccc3cc4c(cc3c2[nH]1)OCc1cc(-c2cnc([C@@H]3C[C@H](COC)CN3C(=O)[C@@H](NC)C3CC(C)O[C@H](C)C3)[nH]2)ccc1-4)C(C)C. The van der Waals surface area contributed by atoms with Crippen molar-refractivity contribution in [1.82, 2.24) is 40.4 Å². The van der Waals surface area contributed by atoms with E-state index in [1.807, 2.05) is 30.1 Å². The Kier molecular flexibility index (Phi) is 11.4. The van der Waals surface area contributed by atoms with Gasteiger partial charge in [0.15, 0.2) is 0 Å². The molecule has 3 saturated heterocycles. The average molecular weight is 831 g/mol. The summed E-state index contributed by atoms with van der Waals surface area (Å²) in [4.78, 5) is 49.5. The van der Waals surface area contributed by atoms with Gasteiger partial charge in [0.05, 0.1) is 65.9 Å². The summed E-state index contributed by atoms with van der Waals surface area (Å²) in [6.45, 7) is 12.2. The molecule has 13 heteroatoms. The van der Waals surface area contributed by atoms with E-state index in [0.29, 0.717) is 19.8 Å². The third kappa shape index (κ3) is 7.61. The van der Waals surface area contributed by atoms with Crippen LogP contribution in [-0.2, 0) is 25.7 Å². The number of carbonyl (C=O) groups excluding carboxylic acids is 2. The van der Waals surface area contributed by atoms with Crippen LogP contribution >= 0.6 is 0 Å². The topological polar surface area (TPSA) is 150 Å². The van der Waals surface area contributed by atoms with E-state index < -0.39 is 0 Å². The van der Waals surface area contributed by atoms with E-state index in [2.05, 4.69) is 97.7 Å². The third-order valence-electron chi connectivity index (χ3n) is 13.9. The molecule has 9 rings (SSSR count). The summed E-state index contributed by atoms with van der Waals surface area (Å²) in [6.07, 6.45) is 6.43. The minimum Gasteiger partial charge on any atom is -0.488 e. The molecule has 4 aliphatic rings. The highest BCUT2D eigenvalue weighted by Gasteiger charge is 2.44. The van der Waals surface area contributed by atoms with Crippen molar-refractivity contribution in [3.8, 4) is 28.1 Å². The lowest BCUT2D eigenvalue weighted by Gasteiger charge is -2.38. The number of nitrogens with one attached hydrogen (secondary N) is 4. The zero-order chi connectivity index (χ0) is 42.7. The van der Waals surface area contributed by atoms with Gasteiger partial charge in [0, 0.05) is 36.6 Å². The van der Waals surface area contributed by atoms with Crippen LogP contribution < -0.4 is 15.4 Å². The van der Waals surface area contributed by atoms with Gasteiger partial charge in [-0.1, -0.05) is 32.0 Å². The lowest BCUT2D eigenvalue weighted by atomic mass is 9.85. The first-order valence-electron chi connectivity index (χ1n) is 22.4. The fraction of sp³-hybridized carbons (Fsp3) is 0.542. The number of carbonyl (C=O) groups is 2. The van der Waals surface area contributed by atoms with Gasteiger partial charge in [0.1, 0.15) is 24.0 Å². The Morgan fingerprint density at radius 2 is 1.72 bits per heavy atom. The van der Waals surface area contributed by atoms with Crippen LogP contribution in [0.1, 0.15) is 96.0 Å². The van der Waals surface area contributed by atoms with Gasteiger partial charge in [-0.25, -0.2) is 9.97 Å². The quantitative estimate of drug-likeness (QED) is 0.108. The highest BCUT2D eigenvalue weighted by molar-refractivity contribution is 6.07. The fourth-order valence-corrected chi connectivity index (χ4v) is 11.1. The van der Waals surface area contributed by atoms with Crippen molar-refractivity contribution >= 4 is 33.6 Å². The molecule has 5 aromatic rings. The molecule has 0 spiro atoms. The van der Waals surface area contributed by atoms with E-state index in [4.69, 9.17) is 24.2 Å².